The molecule has 32 heavy (non-hydrogen) atoms. The average Bonchev–Trinajstić information content (AvgIpc) is 3.26. The van der Waals surface area contributed by atoms with Crippen LogP contribution in [0.15, 0.2) is 85.5 Å². The van der Waals surface area contributed by atoms with E-state index in [9.17, 15) is 9.59 Å². The number of carbonyl (C=O) groups is 2. The van der Waals surface area contributed by atoms with Crippen LogP contribution in [0.25, 0.3) is 5.69 Å². The molecule has 2 aromatic carbocycles. The van der Waals surface area contributed by atoms with Gasteiger partial charge in [-0.3, -0.25) is 14.6 Å². The summed E-state index contributed by atoms with van der Waals surface area (Å²) in [5, 5.41) is 10.1. The number of aryl methyl sites for hydroxylation is 1. The Morgan fingerprint density at radius 3 is 2.38 bits per heavy atom. The van der Waals surface area contributed by atoms with E-state index in [1.54, 1.807) is 41.6 Å². The lowest BCUT2D eigenvalue weighted by Gasteiger charge is -2.21. The molecule has 2 N–H and O–H groups in total. The van der Waals surface area contributed by atoms with E-state index in [1.807, 2.05) is 55.5 Å². The fourth-order valence-corrected chi connectivity index (χ4v) is 3.52. The molecule has 4 rings (SSSR count). The van der Waals surface area contributed by atoms with Gasteiger partial charge in [-0.15, -0.1) is 0 Å². The van der Waals surface area contributed by atoms with Crippen LogP contribution in [0.4, 0.5) is 5.69 Å². The lowest BCUT2D eigenvalue weighted by molar-refractivity contribution is -0.114. The van der Waals surface area contributed by atoms with Crippen molar-refractivity contribution in [2.45, 2.75) is 19.9 Å². The summed E-state index contributed by atoms with van der Waals surface area (Å²) >= 11 is 0. The van der Waals surface area contributed by atoms with Crippen molar-refractivity contribution in [1.82, 2.24) is 20.1 Å². The van der Waals surface area contributed by atoms with Gasteiger partial charge in [-0.05, 0) is 60.0 Å². The second kappa shape index (κ2) is 9.26. The van der Waals surface area contributed by atoms with Gasteiger partial charge >= 0.3 is 0 Å². The summed E-state index contributed by atoms with van der Waals surface area (Å²) in [5.74, 6) is -0.338. The molecule has 7 nitrogen and oxygen atoms in total. The van der Waals surface area contributed by atoms with Crippen molar-refractivity contribution in [2.24, 2.45) is 0 Å². The van der Waals surface area contributed by atoms with E-state index >= 15 is 0 Å². The first-order valence-electron chi connectivity index (χ1n) is 10.2. The molecule has 0 spiro atoms. The minimum atomic E-state index is -0.294. The van der Waals surface area contributed by atoms with Gasteiger partial charge in [0.25, 0.3) is 5.91 Å². The van der Waals surface area contributed by atoms with E-state index in [0.717, 1.165) is 22.4 Å². The van der Waals surface area contributed by atoms with Crippen molar-refractivity contribution in [3.05, 3.63) is 108 Å². The molecule has 4 aromatic rings. The number of amides is 2. The summed E-state index contributed by atoms with van der Waals surface area (Å²) in [6.45, 7) is 3.48. The smallest absolute Gasteiger partial charge is 0.252 e. The number of benzene rings is 2. The van der Waals surface area contributed by atoms with Crippen LogP contribution in [0.5, 0.6) is 0 Å². The van der Waals surface area contributed by atoms with Crippen LogP contribution in [-0.2, 0) is 4.79 Å². The van der Waals surface area contributed by atoms with Crippen LogP contribution < -0.4 is 10.6 Å². The maximum absolute atomic E-state index is 13.1. The monoisotopic (exact) mass is 425 g/mol. The molecular weight excluding hydrogens is 402 g/mol. The van der Waals surface area contributed by atoms with Crippen LogP contribution in [0.1, 0.15) is 40.0 Å². The van der Waals surface area contributed by atoms with Gasteiger partial charge < -0.3 is 10.6 Å². The number of carbonyl (C=O) groups excluding carboxylic acids is 2. The highest BCUT2D eigenvalue weighted by Crippen LogP contribution is 2.25. The summed E-state index contributed by atoms with van der Waals surface area (Å²) in [7, 11) is 0. The molecule has 0 aliphatic rings. The second-order valence-electron chi connectivity index (χ2n) is 7.45. The third kappa shape index (κ3) is 4.73. The molecule has 0 radical (unpaired) electrons. The Hall–Kier alpha value is -4.26. The Balaban J connectivity index is 1.56. The van der Waals surface area contributed by atoms with Crippen molar-refractivity contribution in [3.8, 4) is 5.69 Å². The molecule has 2 aromatic heterocycles. The number of rotatable bonds is 6. The number of pyridine rings is 1. The number of nitrogens with zero attached hydrogens (tertiary/aromatic N) is 3. The third-order valence-corrected chi connectivity index (χ3v) is 5.11. The molecule has 1 unspecified atom stereocenters. The Kier molecular flexibility index (Phi) is 6.07. The van der Waals surface area contributed by atoms with E-state index in [4.69, 9.17) is 0 Å². The molecular formula is C25H23N5O2. The van der Waals surface area contributed by atoms with Crippen molar-refractivity contribution in [1.29, 1.82) is 0 Å². The zero-order valence-corrected chi connectivity index (χ0v) is 17.8. The van der Waals surface area contributed by atoms with E-state index in [-0.39, 0.29) is 17.9 Å². The van der Waals surface area contributed by atoms with Gasteiger partial charge in [0.1, 0.15) is 0 Å². The minimum Gasteiger partial charge on any atom is -0.341 e. The van der Waals surface area contributed by atoms with E-state index in [2.05, 4.69) is 20.7 Å². The standard InChI is InChI=1S/C25H23N5O2/c1-17-5-3-4-6-23(17)24(19-11-13-26-14-12-19)29-25(32)20-7-9-22(10-8-20)30-16-21(15-27-30)28-18(2)31/h3-16,24H,1-2H3,(H,28,31)(H,29,32). The Bertz CT molecular complexity index is 1230. The number of aromatic nitrogens is 3. The highest BCUT2D eigenvalue weighted by atomic mass is 16.2. The molecule has 7 heteroatoms. The maximum atomic E-state index is 13.1. The molecule has 0 fully saturated rings. The molecule has 0 aliphatic carbocycles. The molecule has 2 heterocycles. The fraction of sp³-hybridized carbons (Fsp3) is 0.120. The molecule has 2 amide bonds. The highest BCUT2D eigenvalue weighted by Gasteiger charge is 2.19. The zero-order chi connectivity index (χ0) is 22.5. The first-order valence-corrected chi connectivity index (χ1v) is 10.2. The quantitative estimate of drug-likeness (QED) is 0.488. The molecule has 1 atom stereocenters. The number of anilines is 1. The van der Waals surface area contributed by atoms with Crippen molar-refractivity contribution in [3.63, 3.8) is 0 Å². The largest absolute Gasteiger partial charge is 0.341 e. The zero-order valence-electron chi connectivity index (χ0n) is 17.8. The lowest BCUT2D eigenvalue weighted by Crippen LogP contribution is -2.29. The first-order chi connectivity index (χ1) is 15.5. The van der Waals surface area contributed by atoms with Gasteiger partial charge in [0.15, 0.2) is 0 Å². The summed E-state index contributed by atoms with van der Waals surface area (Å²) in [6.07, 6.45) is 6.74. The van der Waals surface area contributed by atoms with Gasteiger partial charge in [-0.2, -0.15) is 5.10 Å². The van der Waals surface area contributed by atoms with Crippen molar-refractivity contribution < 1.29 is 9.59 Å². The topological polar surface area (TPSA) is 88.9 Å². The Morgan fingerprint density at radius 1 is 0.969 bits per heavy atom. The van der Waals surface area contributed by atoms with Gasteiger partial charge in [0.05, 0.1) is 29.8 Å². The Morgan fingerprint density at radius 2 is 1.69 bits per heavy atom. The first kappa shape index (κ1) is 21.0. The number of hydrogen-bond donors (Lipinski definition) is 2. The molecule has 0 saturated heterocycles. The predicted octanol–water partition coefficient (Wildman–Crippen LogP) is 4.05. The molecule has 0 aliphatic heterocycles. The third-order valence-electron chi connectivity index (χ3n) is 5.11. The van der Waals surface area contributed by atoms with Crippen LogP contribution in [-0.4, -0.2) is 26.6 Å². The summed E-state index contributed by atoms with van der Waals surface area (Å²) in [6, 6.07) is 18.7. The highest BCUT2D eigenvalue weighted by molar-refractivity contribution is 5.95. The van der Waals surface area contributed by atoms with Gasteiger partial charge in [0, 0.05) is 24.9 Å². The van der Waals surface area contributed by atoms with Crippen LogP contribution in [0.2, 0.25) is 0 Å². The average molecular weight is 425 g/mol. The minimum absolute atomic E-state index is 0.158. The van der Waals surface area contributed by atoms with Crippen molar-refractivity contribution in [2.75, 3.05) is 5.32 Å². The number of nitrogens with one attached hydrogen (secondary N) is 2. The van der Waals surface area contributed by atoms with E-state index in [1.165, 1.54) is 6.92 Å². The molecule has 160 valence electrons. The number of hydrogen-bond acceptors (Lipinski definition) is 4. The normalized spacial score (nSPS) is 11.6. The maximum Gasteiger partial charge on any atom is 0.252 e. The summed E-state index contributed by atoms with van der Waals surface area (Å²) < 4.78 is 1.64. The van der Waals surface area contributed by atoms with Crippen LogP contribution >= 0.6 is 0 Å². The molecule has 0 bridgehead atoms. The van der Waals surface area contributed by atoms with Gasteiger partial charge in [-0.1, -0.05) is 24.3 Å². The molecule has 0 saturated carbocycles. The van der Waals surface area contributed by atoms with Crippen LogP contribution in [0, 0.1) is 6.92 Å². The lowest BCUT2D eigenvalue weighted by atomic mass is 9.95. The van der Waals surface area contributed by atoms with E-state index < -0.39 is 0 Å². The predicted molar refractivity (Wildman–Crippen MR) is 123 cm³/mol. The second-order valence-corrected chi connectivity index (χ2v) is 7.45. The van der Waals surface area contributed by atoms with Gasteiger partial charge in [0.2, 0.25) is 5.91 Å². The SMILES string of the molecule is CC(=O)Nc1cnn(-c2ccc(C(=O)NC(c3ccncc3)c3ccccc3C)cc2)c1. The van der Waals surface area contributed by atoms with Crippen molar-refractivity contribution >= 4 is 17.5 Å². The van der Waals surface area contributed by atoms with Crippen LogP contribution in [0.3, 0.4) is 0 Å². The fourth-order valence-electron chi connectivity index (χ4n) is 3.52. The summed E-state index contributed by atoms with van der Waals surface area (Å²) in [4.78, 5) is 28.4. The van der Waals surface area contributed by atoms with Gasteiger partial charge in [-0.25, -0.2) is 4.68 Å². The Labute approximate surface area is 186 Å². The van der Waals surface area contributed by atoms with E-state index in [0.29, 0.717) is 11.3 Å². The summed E-state index contributed by atoms with van der Waals surface area (Å²) in [5.41, 5.74) is 5.02.